The first-order valence-electron chi connectivity index (χ1n) is 5.62. The lowest BCUT2D eigenvalue weighted by atomic mass is 10.2. The van der Waals surface area contributed by atoms with E-state index in [2.05, 4.69) is 17.2 Å². The van der Waals surface area contributed by atoms with Gasteiger partial charge in [-0.05, 0) is 31.0 Å². The molecule has 0 bridgehead atoms. The van der Waals surface area contributed by atoms with Crippen molar-refractivity contribution in [3.63, 3.8) is 0 Å². The molecular weight excluding hydrogens is 235 g/mol. The first-order chi connectivity index (χ1) is 8.19. The van der Waals surface area contributed by atoms with E-state index >= 15 is 0 Å². The van der Waals surface area contributed by atoms with Gasteiger partial charge in [-0.25, -0.2) is 9.37 Å². The lowest BCUT2D eigenvalue weighted by molar-refractivity contribution is 0.629. The minimum absolute atomic E-state index is 0.221. The Morgan fingerprint density at radius 2 is 2.24 bits per heavy atom. The Morgan fingerprint density at radius 3 is 2.94 bits per heavy atom. The summed E-state index contributed by atoms with van der Waals surface area (Å²) in [6, 6.07) is 5.05. The molecule has 0 saturated heterocycles. The lowest BCUT2D eigenvalue weighted by Gasteiger charge is -2.06. The molecule has 0 fully saturated rings. The average molecular weight is 250 g/mol. The number of halogens is 1. The van der Waals surface area contributed by atoms with Crippen molar-refractivity contribution in [2.75, 3.05) is 5.32 Å². The smallest absolute Gasteiger partial charge is 0.146 e. The summed E-state index contributed by atoms with van der Waals surface area (Å²) in [5, 5.41) is 6.21. The van der Waals surface area contributed by atoms with Gasteiger partial charge in [0.15, 0.2) is 0 Å². The van der Waals surface area contributed by atoms with Gasteiger partial charge < -0.3 is 5.32 Å². The van der Waals surface area contributed by atoms with Gasteiger partial charge in [0.1, 0.15) is 5.82 Å². The van der Waals surface area contributed by atoms with E-state index in [9.17, 15) is 4.39 Å². The minimum atomic E-state index is -0.221. The Morgan fingerprint density at radius 1 is 1.41 bits per heavy atom. The van der Waals surface area contributed by atoms with Crippen LogP contribution in [0.15, 0.2) is 23.6 Å². The van der Waals surface area contributed by atoms with Gasteiger partial charge in [-0.2, -0.15) is 0 Å². The standard InChI is InChI=1S/C13H15FN2S/c1-3-13-16-10(8-17-13)7-15-12-6-9(2)4-5-11(12)14/h4-6,8,15H,3,7H2,1-2H3. The molecule has 2 nitrogen and oxygen atoms in total. The van der Waals surface area contributed by atoms with E-state index in [4.69, 9.17) is 0 Å². The average Bonchev–Trinajstić information content (AvgIpc) is 2.78. The molecule has 1 N–H and O–H groups in total. The summed E-state index contributed by atoms with van der Waals surface area (Å²) in [4.78, 5) is 4.43. The SMILES string of the molecule is CCc1nc(CNc2cc(C)ccc2F)cs1. The fraction of sp³-hybridized carbons (Fsp3) is 0.308. The Balaban J connectivity index is 2.04. The second-order valence-electron chi connectivity index (χ2n) is 3.92. The third kappa shape index (κ3) is 3.03. The molecule has 2 aromatic rings. The maximum Gasteiger partial charge on any atom is 0.146 e. The highest BCUT2D eigenvalue weighted by molar-refractivity contribution is 7.09. The predicted molar refractivity (Wildman–Crippen MR) is 70.0 cm³/mol. The van der Waals surface area contributed by atoms with E-state index in [-0.39, 0.29) is 5.82 Å². The van der Waals surface area contributed by atoms with Crippen LogP contribution < -0.4 is 5.32 Å². The molecule has 0 aliphatic heterocycles. The fourth-order valence-corrected chi connectivity index (χ4v) is 2.30. The largest absolute Gasteiger partial charge is 0.377 e. The normalized spacial score (nSPS) is 10.5. The summed E-state index contributed by atoms with van der Waals surface area (Å²) in [6.45, 7) is 4.59. The number of anilines is 1. The Labute approximate surface area is 105 Å². The molecule has 0 amide bonds. The number of thiazole rings is 1. The third-order valence-corrected chi connectivity index (χ3v) is 3.53. The van der Waals surface area contributed by atoms with Crippen molar-refractivity contribution in [1.29, 1.82) is 0 Å². The molecule has 4 heteroatoms. The molecule has 0 saturated carbocycles. The van der Waals surface area contributed by atoms with Gasteiger partial charge in [0, 0.05) is 5.38 Å². The van der Waals surface area contributed by atoms with Crippen LogP contribution in [0.1, 0.15) is 23.2 Å². The number of hydrogen-bond acceptors (Lipinski definition) is 3. The predicted octanol–water partition coefficient (Wildman–Crippen LogP) is 3.77. The number of hydrogen-bond donors (Lipinski definition) is 1. The second-order valence-corrected chi connectivity index (χ2v) is 4.87. The summed E-state index contributed by atoms with van der Waals surface area (Å²) in [5.41, 5.74) is 2.55. The topological polar surface area (TPSA) is 24.9 Å². The maximum atomic E-state index is 13.5. The van der Waals surface area contributed by atoms with Crippen molar-refractivity contribution in [3.8, 4) is 0 Å². The quantitative estimate of drug-likeness (QED) is 0.893. The van der Waals surface area contributed by atoms with Crippen molar-refractivity contribution in [1.82, 2.24) is 4.98 Å². The monoisotopic (exact) mass is 250 g/mol. The van der Waals surface area contributed by atoms with Gasteiger partial charge in [0.25, 0.3) is 0 Å². The van der Waals surface area contributed by atoms with E-state index in [1.54, 1.807) is 17.4 Å². The first-order valence-corrected chi connectivity index (χ1v) is 6.50. The molecule has 0 aliphatic rings. The molecule has 0 atom stereocenters. The molecule has 1 aromatic heterocycles. The van der Waals surface area contributed by atoms with E-state index in [0.29, 0.717) is 12.2 Å². The number of nitrogens with zero attached hydrogens (tertiary/aromatic N) is 1. The molecule has 0 spiro atoms. The van der Waals surface area contributed by atoms with Gasteiger partial charge in [0.2, 0.25) is 0 Å². The Kier molecular flexibility index (Phi) is 3.74. The zero-order valence-electron chi connectivity index (χ0n) is 9.96. The molecule has 17 heavy (non-hydrogen) atoms. The number of benzene rings is 1. The third-order valence-electron chi connectivity index (χ3n) is 2.48. The van der Waals surface area contributed by atoms with Crippen LogP contribution in [0.2, 0.25) is 0 Å². The molecule has 1 aromatic carbocycles. The van der Waals surface area contributed by atoms with Gasteiger partial charge in [-0.1, -0.05) is 13.0 Å². The van der Waals surface area contributed by atoms with Crippen LogP contribution in [0.4, 0.5) is 10.1 Å². The van der Waals surface area contributed by atoms with Gasteiger partial charge in [-0.3, -0.25) is 0 Å². The van der Waals surface area contributed by atoms with Gasteiger partial charge in [0.05, 0.1) is 22.9 Å². The Hall–Kier alpha value is -1.42. The van der Waals surface area contributed by atoms with Crippen molar-refractivity contribution in [3.05, 3.63) is 45.7 Å². The van der Waals surface area contributed by atoms with Crippen LogP contribution in [0.25, 0.3) is 0 Å². The molecule has 1 heterocycles. The first kappa shape index (κ1) is 12.0. The summed E-state index contributed by atoms with van der Waals surface area (Å²) in [7, 11) is 0. The number of nitrogens with one attached hydrogen (secondary N) is 1. The molecule has 0 radical (unpaired) electrons. The van der Waals surface area contributed by atoms with Gasteiger partial charge >= 0.3 is 0 Å². The second kappa shape index (κ2) is 5.27. The summed E-state index contributed by atoms with van der Waals surface area (Å²) < 4.78 is 13.5. The summed E-state index contributed by atoms with van der Waals surface area (Å²) >= 11 is 1.65. The summed E-state index contributed by atoms with van der Waals surface area (Å²) in [5.74, 6) is -0.221. The van der Waals surface area contributed by atoms with E-state index in [1.807, 2.05) is 18.4 Å². The van der Waals surface area contributed by atoms with E-state index < -0.39 is 0 Å². The lowest BCUT2D eigenvalue weighted by Crippen LogP contribution is -2.02. The van der Waals surface area contributed by atoms with Crippen molar-refractivity contribution >= 4 is 17.0 Å². The molecule has 2 rings (SSSR count). The van der Waals surface area contributed by atoms with Crippen LogP contribution >= 0.6 is 11.3 Å². The molecule has 90 valence electrons. The highest BCUT2D eigenvalue weighted by atomic mass is 32.1. The molecular formula is C13H15FN2S. The number of rotatable bonds is 4. The van der Waals surface area contributed by atoms with Crippen LogP contribution in [0, 0.1) is 12.7 Å². The van der Waals surface area contributed by atoms with E-state index in [0.717, 1.165) is 22.7 Å². The highest BCUT2D eigenvalue weighted by Gasteiger charge is 2.04. The van der Waals surface area contributed by atoms with Gasteiger partial charge in [-0.15, -0.1) is 11.3 Å². The maximum absolute atomic E-state index is 13.5. The number of aromatic nitrogens is 1. The molecule has 0 aliphatic carbocycles. The zero-order chi connectivity index (χ0) is 12.3. The van der Waals surface area contributed by atoms with Crippen LogP contribution in [0.3, 0.4) is 0 Å². The minimum Gasteiger partial charge on any atom is -0.377 e. The van der Waals surface area contributed by atoms with Crippen molar-refractivity contribution in [2.24, 2.45) is 0 Å². The Bertz CT molecular complexity index is 508. The van der Waals surface area contributed by atoms with Crippen LogP contribution in [-0.2, 0) is 13.0 Å². The fourth-order valence-electron chi connectivity index (χ4n) is 1.55. The highest BCUT2D eigenvalue weighted by Crippen LogP contribution is 2.17. The van der Waals surface area contributed by atoms with Crippen LogP contribution in [-0.4, -0.2) is 4.98 Å². The zero-order valence-corrected chi connectivity index (χ0v) is 10.8. The van der Waals surface area contributed by atoms with Crippen LogP contribution in [0.5, 0.6) is 0 Å². The summed E-state index contributed by atoms with van der Waals surface area (Å²) in [6.07, 6.45) is 0.948. The van der Waals surface area contributed by atoms with Crippen molar-refractivity contribution in [2.45, 2.75) is 26.8 Å². The van der Waals surface area contributed by atoms with Crippen molar-refractivity contribution < 1.29 is 4.39 Å². The number of aryl methyl sites for hydroxylation is 2. The van der Waals surface area contributed by atoms with E-state index in [1.165, 1.54) is 6.07 Å². The molecule has 0 unspecified atom stereocenters.